The van der Waals surface area contributed by atoms with Crippen molar-refractivity contribution in [2.75, 3.05) is 18.5 Å². The third-order valence-electron chi connectivity index (χ3n) is 13.1. The Kier molecular flexibility index (Phi) is 16.2. The molecule has 0 aliphatic carbocycles. The first-order valence-corrected chi connectivity index (χ1v) is 33.0. The van der Waals surface area contributed by atoms with Crippen molar-refractivity contribution >= 4 is 119 Å². The fraction of sp³-hybridized carbons (Fsp3) is 0.367. The second-order valence-electron chi connectivity index (χ2n) is 21.1. The molecule has 0 aliphatic heterocycles. The molecule has 0 spiro atoms. The van der Waals surface area contributed by atoms with E-state index in [1.54, 1.807) is 0 Å². The van der Waals surface area contributed by atoms with Crippen molar-refractivity contribution in [2.24, 2.45) is 0 Å². The number of unbranched alkanes of at least 4 members (excludes halogenated alkanes) is 6. The van der Waals surface area contributed by atoms with Gasteiger partial charge in [0.1, 0.15) is 16.8 Å². The minimum absolute atomic E-state index is 0.102. The third-order valence-corrected chi connectivity index (χ3v) is 24.7. The molecular weight excluding hydrogens is 1070 g/mol. The van der Waals surface area contributed by atoms with Crippen molar-refractivity contribution in [3.63, 3.8) is 0 Å². The highest BCUT2D eigenvalue weighted by atomic mass is 32.1. The zero-order valence-electron chi connectivity index (χ0n) is 43.6. The molecule has 0 atom stereocenters. The van der Waals surface area contributed by atoms with Gasteiger partial charge < -0.3 is 10.1 Å². The number of nitrogens with one attached hydrogen (secondary N) is 1. The number of aryl methyl sites for hydroxylation is 2. The molecule has 9 aromatic heterocycles. The highest BCUT2D eigenvalue weighted by molar-refractivity contribution is 7.30. The maximum atomic E-state index is 6.71. The van der Waals surface area contributed by atoms with Crippen LogP contribution in [0, 0.1) is 13.8 Å². The Morgan fingerprint density at radius 1 is 0.438 bits per heavy atom. The molecule has 1 N–H and O–H groups in total. The summed E-state index contributed by atoms with van der Waals surface area (Å²) in [7, 11) is 0. The maximum Gasteiger partial charge on any atom is 0.139 e. The molecule has 0 amide bonds. The van der Waals surface area contributed by atoms with Crippen molar-refractivity contribution in [1.82, 2.24) is 8.75 Å². The fourth-order valence-electron chi connectivity index (χ4n) is 8.94. The number of hydrogen-bond donors (Lipinski definition) is 1. The lowest BCUT2D eigenvalue weighted by Crippen LogP contribution is -2.08. The number of benzene rings is 1. The zero-order valence-corrected chi connectivity index (χ0v) is 51.0. The Morgan fingerprint density at radius 2 is 0.890 bits per heavy atom. The minimum atomic E-state index is 0.102. The van der Waals surface area contributed by atoms with Gasteiger partial charge in [-0.3, -0.25) is 0 Å². The first-order valence-electron chi connectivity index (χ1n) is 25.7. The second-order valence-corrected chi connectivity index (χ2v) is 30.1. The van der Waals surface area contributed by atoms with Gasteiger partial charge >= 0.3 is 0 Å². The van der Waals surface area contributed by atoms with Gasteiger partial charge in [-0.1, -0.05) is 106 Å². The van der Waals surface area contributed by atoms with Gasteiger partial charge in [0.05, 0.1) is 33.8 Å². The van der Waals surface area contributed by atoms with Gasteiger partial charge in [0.2, 0.25) is 0 Å². The molecule has 0 saturated carbocycles. The van der Waals surface area contributed by atoms with Crippen LogP contribution in [0.2, 0.25) is 0 Å². The second kappa shape index (κ2) is 22.4. The molecule has 10 rings (SSSR count). The molecule has 73 heavy (non-hydrogen) atoms. The van der Waals surface area contributed by atoms with Crippen LogP contribution in [0.5, 0.6) is 5.75 Å². The summed E-state index contributed by atoms with van der Waals surface area (Å²) in [4.78, 5) is 21.0. The van der Waals surface area contributed by atoms with E-state index in [0.29, 0.717) is 6.61 Å². The Balaban J connectivity index is 0.912. The van der Waals surface area contributed by atoms with Crippen molar-refractivity contribution in [3.05, 3.63) is 106 Å². The molecule has 4 nitrogen and oxygen atoms in total. The van der Waals surface area contributed by atoms with Crippen LogP contribution in [0.3, 0.4) is 0 Å². The third kappa shape index (κ3) is 11.5. The van der Waals surface area contributed by atoms with Crippen LogP contribution in [0.1, 0.15) is 128 Å². The fourth-order valence-corrected chi connectivity index (χ4v) is 19.1. The van der Waals surface area contributed by atoms with Crippen LogP contribution in [0.15, 0.2) is 84.9 Å². The topological polar surface area (TPSA) is 47.0 Å². The lowest BCUT2D eigenvalue weighted by atomic mass is 9.94. The van der Waals surface area contributed by atoms with Gasteiger partial charge in [-0.15, -0.1) is 90.7 Å². The summed E-state index contributed by atoms with van der Waals surface area (Å²) in [5, 5.41) is 3.83. The number of anilines is 1. The molecule has 13 heteroatoms. The smallest absolute Gasteiger partial charge is 0.139 e. The summed E-state index contributed by atoms with van der Waals surface area (Å²) in [5.74, 6) is 0.962. The predicted molar refractivity (Wildman–Crippen MR) is 333 cm³/mol. The molecule has 0 aliphatic rings. The van der Waals surface area contributed by atoms with E-state index >= 15 is 0 Å². The average Bonchev–Trinajstić information content (AvgIpc) is 4.20. The van der Waals surface area contributed by atoms with E-state index in [0.717, 1.165) is 45.8 Å². The molecule has 0 fully saturated rings. The van der Waals surface area contributed by atoms with Gasteiger partial charge in [-0.05, 0) is 121 Å². The van der Waals surface area contributed by atoms with Crippen LogP contribution in [-0.2, 0) is 10.8 Å². The van der Waals surface area contributed by atoms with E-state index in [4.69, 9.17) is 13.5 Å². The molecule has 9 heterocycles. The van der Waals surface area contributed by atoms with Gasteiger partial charge in [0.25, 0.3) is 0 Å². The summed E-state index contributed by atoms with van der Waals surface area (Å²) in [6, 6.07) is 32.4. The number of fused-ring (bicyclic) bond motifs is 1. The average molecular weight is 1130 g/mol. The van der Waals surface area contributed by atoms with Crippen molar-refractivity contribution < 1.29 is 4.74 Å². The summed E-state index contributed by atoms with van der Waals surface area (Å²) in [6.45, 7) is 24.6. The van der Waals surface area contributed by atoms with Crippen LogP contribution in [0.4, 0.5) is 5.69 Å². The molecule has 0 bridgehead atoms. The van der Waals surface area contributed by atoms with Crippen LogP contribution in [-0.4, -0.2) is 21.9 Å². The maximum absolute atomic E-state index is 6.71. The Labute approximate surface area is 469 Å². The zero-order chi connectivity index (χ0) is 51.0. The summed E-state index contributed by atoms with van der Waals surface area (Å²) in [5.41, 5.74) is 8.37. The predicted octanol–water partition coefficient (Wildman–Crippen LogP) is 22.7. The Bertz CT molecular complexity index is 3470. The van der Waals surface area contributed by atoms with Gasteiger partial charge in [0, 0.05) is 86.0 Å². The van der Waals surface area contributed by atoms with Crippen molar-refractivity contribution in [3.8, 4) is 85.2 Å². The number of aromatic nitrogens is 2. The molecule has 0 radical (unpaired) electrons. The van der Waals surface area contributed by atoms with Gasteiger partial charge in [0.15, 0.2) is 0 Å². The largest absolute Gasteiger partial charge is 0.492 e. The quantitative estimate of drug-likeness (QED) is 0.0773. The Hall–Kier alpha value is -3.76. The minimum Gasteiger partial charge on any atom is -0.492 e. The van der Waals surface area contributed by atoms with E-state index in [2.05, 4.69) is 159 Å². The number of ether oxygens (including phenoxy) is 1. The number of nitrogens with zero attached hydrogens (tertiary/aromatic N) is 2. The number of thiophene rings is 8. The Morgan fingerprint density at radius 3 is 1.44 bits per heavy atom. The number of hydrogen-bond acceptors (Lipinski definition) is 13. The normalized spacial score (nSPS) is 12.2. The van der Waals surface area contributed by atoms with Gasteiger partial charge in [-0.25, -0.2) is 0 Å². The van der Waals surface area contributed by atoms with Crippen molar-refractivity contribution in [2.45, 2.75) is 131 Å². The van der Waals surface area contributed by atoms with Gasteiger partial charge in [-0.2, -0.15) is 8.75 Å². The lowest BCUT2D eigenvalue weighted by molar-refractivity contribution is 0.307. The summed E-state index contributed by atoms with van der Waals surface area (Å²) >= 11 is 16.4. The molecule has 380 valence electrons. The molecular formula is C60H65N3OS9. The molecule has 0 saturated heterocycles. The van der Waals surface area contributed by atoms with Crippen LogP contribution >= 0.6 is 102 Å². The highest BCUT2D eigenvalue weighted by Gasteiger charge is 2.25. The molecule has 10 aromatic rings. The SMILES string of the molecule is CCCCCCNc1cc(C(C)(C)C)sc1-c1ccc(-c2ccc(-c3sc(-c4ccc(-c5cc(C)c(-c6ccc(-c7ccc(-c8sc(C(C)(C)C)cc8C)s7)s6)s5)c5nsnc45)cc3OCCCCCC)s2)s1. The summed E-state index contributed by atoms with van der Waals surface area (Å²) < 4.78 is 16.7. The van der Waals surface area contributed by atoms with Crippen molar-refractivity contribution in [1.29, 1.82) is 0 Å². The monoisotopic (exact) mass is 1130 g/mol. The standard InChI is InChI=1S/C60H65N3OS9/c1-11-13-15-17-29-61-39-33-52(60(8,9)10)72-57(39)47-27-23-43(67-47)44-24-28-48(68-44)58-40(64-30-18-16-14-12-2)34-50(70-58)38-20-19-37(53-54(38)63-73-62-53)49-31-35(3)55(69-49)45-25-21-41(65-45)42-22-26-46(66-42)56-36(4)32-51(71-56)59(5,6)7/h19-28,31-34,61H,11-18,29-30H2,1-10H3. The first-order chi connectivity index (χ1) is 35.2. The lowest BCUT2D eigenvalue weighted by Gasteiger charge is -2.15. The highest BCUT2D eigenvalue weighted by Crippen LogP contribution is 2.52. The first kappa shape index (κ1) is 52.7. The van der Waals surface area contributed by atoms with E-state index in [1.807, 2.05) is 90.7 Å². The molecule has 0 unspecified atom stereocenters. The van der Waals surface area contributed by atoms with Crippen LogP contribution < -0.4 is 10.1 Å². The number of rotatable bonds is 20. The van der Waals surface area contributed by atoms with E-state index in [9.17, 15) is 0 Å². The summed E-state index contributed by atoms with van der Waals surface area (Å²) in [6.07, 6.45) is 9.69. The van der Waals surface area contributed by atoms with Crippen LogP contribution in [0.25, 0.3) is 90.4 Å². The van der Waals surface area contributed by atoms with E-state index in [1.165, 1.54) is 147 Å². The van der Waals surface area contributed by atoms with E-state index in [-0.39, 0.29) is 10.8 Å². The molecule has 1 aromatic carbocycles. The van der Waals surface area contributed by atoms with E-state index < -0.39 is 0 Å².